The van der Waals surface area contributed by atoms with Gasteiger partial charge in [-0.25, -0.2) is 4.79 Å². The first kappa shape index (κ1) is 12.0. The average Bonchev–Trinajstić information content (AvgIpc) is 2.79. The zero-order valence-corrected chi connectivity index (χ0v) is 9.55. The van der Waals surface area contributed by atoms with Crippen LogP contribution in [0.15, 0.2) is 15.8 Å². The molecule has 2 rings (SSSR count). The second-order valence-corrected chi connectivity index (χ2v) is 3.91. The highest BCUT2D eigenvalue weighted by atomic mass is 19.1. The van der Waals surface area contributed by atoms with Crippen molar-refractivity contribution in [3.05, 3.63) is 32.9 Å². The summed E-state index contributed by atoms with van der Waals surface area (Å²) in [5, 5.41) is 0. The summed E-state index contributed by atoms with van der Waals surface area (Å²) in [6.45, 7) is 0.345. The number of hydrogen-bond donors (Lipinski definition) is 0. The van der Waals surface area contributed by atoms with Crippen LogP contribution in [0.3, 0.4) is 0 Å². The van der Waals surface area contributed by atoms with Gasteiger partial charge in [0.25, 0.3) is 5.56 Å². The molecule has 7 heteroatoms. The summed E-state index contributed by atoms with van der Waals surface area (Å²) in [6.07, 6.45) is 0.627. The Bertz CT molecular complexity index is 536. The molecule has 0 spiro atoms. The van der Waals surface area contributed by atoms with Crippen molar-refractivity contribution in [2.75, 3.05) is 13.7 Å². The van der Waals surface area contributed by atoms with E-state index in [9.17, 15) is 14.0 Å². The third-order valence-electron chi connectivity index (χ3n) is 2.85. The van der Waals surface area contributed by atoms with Gasteiger partial charge in [-0.15, -0.1) is 0 Å². The molecule has 2 heterocycles. The predicted octanol–water partition coefficient (Wildman–Crippen LogP) is -0.380. The topological polar surface area (TPSA) is 62.5 Å². The van der Waals surface area contributed by atoms with Gasteiger partial charge < -0.3 is 9.47 Å². The first-order valence-electron chi connectivity index (χ1n) is 5.16. The number of nitrogens with zero attached hydrogens (tertiary/aromatic N) is 2. The van der Waals surface area contributed by atoms with Crippen molar-refractivity contribution in [2.45, 2.75) is 18.8 Å². The Hall–Kier alpha value is -1.47. The van der Waals surface area contributed by atoms with Crippen LogP contribution in [0.25, 0.3) is 0 Å². The minimum Gasteiger partial charge on any atom is -0.379 e. The van der Waals surface area contributed by atoms with Crippen molar-refractivity contribution in [3.63, 3.8) is 0 Å². The average molecular weight is 244 g/mol. The second kappa shape index (κ2) is 4.42. The molecule has 0 unspecified atom stereocenters. The lowest BCUT2D eigenvalue weighted by Gasteiger charge is -2.13. The maximum Gasteiger partial charge on any atom is 0.333 e. The van der Waals surface area contributed by atoms with Crippen LogP contribution in [0, 0.1) is 5.82 Å². The molecule has 1 aliphatic rings. The standard InChI is InChI=1S/C10H13FN2O4/c1-12-9(14)7(11)4-13(10(12)15)8-3-6(16-2)5-17-8/h4,6,8H,3,5H2,1-2H3/t6-,8-/m0/s1. The van der Waals surface area contributed by atoms with Crippen LogP contribution >= 0.6 is 0 Å². The highest BCUT2D eigenvalue weighted by Crippen LogP contribution is 2.23. The van der Waals surface area contributed by atoms with E-state index in [1.54, 1.807) is 7.11 Å². The molecule has 94 valence electrons. The summed E-state index contributed by atoms with van der Waals surface area (Å²) in [5.74, 6) is -0.975. The van der Waals surface area contributed by atoms with Crippen molar-refractivity contribution in [1.29, 1.82) is 0 Å². The van der Waals surface area contributed by atoms with Crippen molar-refractivity contribution >= 4 is 0 Å². The van der Waals surface area contributed by atoms with Gasteiger partial charge >= 0.3 is 5.69 Å². The highest BCUT2D eigenvalue weighted by molar-refractivity contribution is 4.91. The molecule has 0 saturated carbocycles. The smallest absolute Gasteiger partial charge is 0.333 e. The van der Waals surface area contributed by atoms with E-state index in [0.717, 1.165) is 15.3 Å². The third-order valence-corrected chi connectivity index (χ3v) is 2.85. The fraction of sp³-hybridized carbons (Fsp3) is 0.600. The Labute approximate surface area is 96.2 Å². The molecule has 2 atom stereocenters. The molecule has 6 nitrogen and oxygen atoms in total. The number of halogens is 1. The van der Waals surface area contributed by atoms with Gasteiger partial charge in [-0.3, -0.25) is 13.9 Å². The number of ether oxygens (including phenoxy) is 2. The fourth-order valence-corrected chi connectivity index (χ4v) is 1.80. The number of aromatic nitrogens is 2. The third kappa shape index (κ3) is 2.03. The Morgan fingerprint density at radius 2 is 2.24 bits per heavy atom. The van der Waals surface area contributed by atoms with E-state index in [-0.39, 0.29) is 6.10 Å². The molecule has 0 bridgehead atoms. The minimum absolute atomic E-state index is 0.118. The van der Waals surface area contributed by atoms with Crippen molar-refractivity contribution in [2.24, 2.45) is 7.05 Å². The quantitative estimate of drug-likeness (QED) is 0.711. The summed E-state index contributed by atoms with van der Waals surface area (Å²) in [5.41, 5.74) is -1.54. The van der Waals surface area contributed by atoms with Crippen molar-refractivity contribution < 1.29 is 13.9 Å². The molecule has 1 aromatic heterocycles. The van der Waals surface area contributed by atoms with Gasteiger partial charge in [0.05, 0.1) is 18.9 Å². The van der Waals surface area contributed by atoms with E-state index < -0.39 is 23.3 Å². The van der Waals surface area contributed by atoms with E-state index in [2.05, 4.69) is 0 Å². The van der Waals surface area contributed by atoms with E-state index >= 15 is 0 Å². The van der Waals surface area contributed by atoms with E-state index in [4.69, 9.17) is 9.47 Å². The highest BCUT2D eigenvalue weighted by Gasteiger charge is 2.28. The molecular weight excluding hydrogens is 231 g/mol. The molecule has 0 N–H and O–H groups in total. The van der Waals surface area contributed by atoms with Crippen LogP contribution < -0.4 is 11.2 Å². The van der Waals surface area contributed by atoms with Gasteiger partial charge in [0.2, 0.25) is 5.82 Å². The normalized spacial score (nSPS) is 24.2. The van der Waals surface area contributed by atoms with Crippen LogP contribution in [0.1, 0.15) is 12.6 Å². The van der Waals surface area contributed by atoms with Gasteiger partial charge in [-0.1, -0.05) is 0 Å². The number of hydrogen-bond acceptors (Lipinski definition) is 4. The molecule has 0 aromatic carbocycles. The molecule has 1 aliphatic heterocycles. The maximum absolute atomic E-state index is 13.3. The van der Waals surface area contributed by atoms with E-state index in [1.807, 2.05) is 0 Å². The summed E-state index contributed by atoms with van der Waals surface area (Å²) < 4.78 is 25.5. The summed E-state index contributed by atoms with van der Waals surface area (Å²) in [7, 11) is 2.77. The Kier molecular flexibility index (Phi) is 3.12. The zero-order valence-electron chi connectivity index (χ0n) is 9.55. The largest absolute Gasteiger partial charge is 0.379 e. The molecule has 1 saturated heterocycles. The number of methoxy groups -OCH3 is 1. The van der Waals surface area contributed by atoms with Crippen LogP contribution in [-0.4, -0.2) is 29.0 Å². The monoisotopic (exact) mass is 244 g/mol. The van der Waals surface area contributed by atoms with Gasteiger partial charge in [-0.05, 0) is 0 Å². The van der Waals surface area contributed by atoms with Gasteiger partial charge in [0.1, 0.15) is 6.23 Å². The van der Waals surface area contributed by atoms with Crippen molar-refractivity contribution in [1.82, 2.24) is 9.13 Å². The molecule has 0 radical (unpaired) electrons. The summed E-state index contributed by atoms with van der Waals surface area (Å²) in [4.78, 5) is 22.9. The molecule has 17 heavy (non-hydrogen) atoms. The predicted molar refractivity (Wildman–Crippen MR) is 56.3 cm³/mol. The molecule has 0 aliphatic carbocycles. The Morgan fingerprint density at radius 1 is 1.53 bits per heavy atom. The van der Waals surface area contributed by atoms with Crippen molar-refractivity contribution in [3.8, 4) is 0 Å². The molecule has 1 aromatic rings. The van der Waals surface area contributed by atoms with Crippen LogP contribution in [-0.2, 0) is 16.5 Å². The van der Waals surface area contributed by atoms with Crippen LogP contribution in [0.4, 0.5) is 4.39 Å². The van der Waals surface area contributed by atoms with Gasteiger partial charge in [-0.2, -0.15) is 4.39 Å². The lowest BCUT2D eigenvalue weighted by molar-refractivity contribution is 0.0367. The summed E-state index contributed by atoms with van der Waals surface area (Å²) in [6, 6.07) is 0. The molecule has 0 amide bonds. The Balaban J connectivity index is 2.41. The van der Waals surface area contributed by atoms with Gasteiger partial charge in [0.15, 0.2) is 0 Å². The second-order valence-electron chi connectivity index (χ2n) is 3.91. The van der Waals surface area contributed by atoms with Crippen LogP contribution in [0.2, 0.25) is 0 Å². The summed E-state index contributed by atoms with van der Waals surface area (Å²) >= 11 is 0. The minimum atomic E-state index is -0.975. The first-order valence-corrected chi connectivity index (χ1v) is 5.16. The first-order chi connectivity index (χ1) is 8.04. The lowest BCUT2D eigenvalue weighted by Crippen LogP contribution is -2.40. The Morgan fingerprint density at radius 3 is 2.82 bits per heavy atom. The van der Waals surface area contributed by atoms with Crippen LogP contribution in [0.5, 0.6) is 0 Å². The molecule has 1 fully saturated rings. The zero-order chi connectivity index (χ0) is 12.6. The maximum atomic E-state index is 13.3. The fourth-order valence-electron chi connectivity index (χ4n) is 1.80. The lowest BCUT2D eigenvalue weighted by atomic mass is 10.3. The van der Waals surface area contributed by atoms with E-state index in [0.29, 0.717) is 13.0 Å². The molecular formula is C10H13FN2O4. The van der Waals surface area contributed by atoms with E-state index in [1.165, 1.54) is 7.05 Å². The van der Waals surface area contributed by atoms with Gasteiger partial charge in [0, 0.05) is 20.6 Å². The SMILES string of the molecule is CO[C@@H]1CO[C@H](n2cc(F)c(=O)n(C)c2=O)C1. The number of rotatable bonds is 2.